The maximum atomic E-state index is 12.6. The van der Waals surface area contributed by atoms with E-state index >= 15 is 0 Å². The van der Waals surface area contributed by atoms with Gasteiger partial charge in [-0.15, -0.1) is 0 Å². The Morgan fingerprint density at radius 3 is 2.54 bits per heavy atom. The molecule has 1 N–H and O–H groups in total. The second kappa shape index (κ2) is 10.0. The van der Waals surface area contributed by atoms with E-state index < -0.39 is 6.10 Å². The van der Waals surface area contributed by atoms with Gasteiger partial charge >= 0.3 is 0 Å². The van der Waals surface area contributed by atoms with Crippen LogP contribution in [0.3, 0.4) is 0 Å². The second-order valence-electron chi connectivity index (χ2n) is 8.01. The Kier molecular flexibility index (Phi) is 7.45. The molecule has 1 aromatic rings. The quantitative estimate of drug-likeness (QED) is 0.726. The number of β-amino-alcohol motifs (C(OH)–C–C–N with tert-alkyl or cyclic N) is 1. The molecular formula is C22H32N2O4. The van der Waals surface area contributed by atoms with Crippen molar-refractivity contribution >= 4 is 11.7 Å². The van der Waals surface area contributed by atoms with Crippen molar-refractivity contribution in [3.63, 3.8) is 0 Å². The number of ketones is 1. The fourth-order valence-corrected chi connectivity index (χ4v) is 4.08. The predicted octanol–water partition coefficient (Wildman–Crippen LogP) is 2.35. The highest BCUT2D eigenvalue weighted by Crippen LogP contribution is 2.22. The van der Waals surface area contributed by atoms with Gasteiger partial charge in [-0.3, -0.25) is 9.59 Å². The van der Waals surface area contributed by atoms with Crippen molar-refractivity contribution in [3.05, 3.63) is 29.8 Å². The number of ether oxygens (including phenoxy) is 1. The van der Waals surface area contributed by atoms with Crippen LogP contribution in [0.25, 0.3) is 0 Å². The molecule has 6 heteroatoms. The molecule has 3 rings (SSSR count). The predicted molar refractivity (Wildman–Crippen MR) is 108 cm³/mol. The molecule has 2 fully saturated rings. The smallest absolute Gasteiger partial charge is 0.225 e. The van der Waals surface area contributed by atoms with Crippen molar-refractivity contribution in [3.8, 4) is 5.75 Å². The summed E-state index contributed by atoms with van der Waals surface area (Å²) in [6, 6.07) is 7.02. The lowest BCUT2D eigenvalue weighted by molar-refractivity contribution is -0.138. The number of aliphatic hydroxyl groups excluding tert-OH is 1. The van der Waals surface area contributed by atoms with E-state index in [9.17, 15) is 14.7 Å². The summed E-state index contributed by atoms with van der Waals surface area (Å²) in [5.41, 5.74) is 0.604. The highest BCUT2D eigenvalue weighted by atomic mass is 16.5. The normalized spacial score (nSPS) is 20.0. The number of rotatable bonds is 7. The number of amides is 1. The van der Waals surface area contributed by atoms with Crippen LogP contribution in [0.15, 0.2) is 24.3 Å². The molecule has 1 aromatic carbocycles. The van der Waals surface area contributed by atoms with Gasteiger partial charge in [-0.2, -0.15) is 0 Å². The zero-order valence-electron chi connectivity index (χ0n) is 16.8. The summed E-state index contributed by atoms with van der Waals surface area (Å²) in [5, 5.41) is 10.3. The van der Waals surface area contributed by atoms with Gasteiger partial charge in [0, 0.05) is 31.1 Å². The number of hydrogen-bond acceptors (Lipinski definition) is 5. The lowest BCUT2D eigenvalue weighted by Crippen LogP contribution is -2.46. The van der Waals surface area contributed by atoms with Gasteiger partial charge < -0.3 is 19.6 Å². The van der Waals surface area contributed by atoms with Crippen molar-refractivity contribution in [2.24, 2.45) is 5.92 Å². The maximum absolute atomic E-state index is 12.6. The summed E-state index contributed by atoms with van der Waals surface area (Å²) in [7, 11) is 0. The first-order valence-electron chi connectivity index (χ1n) is 10.5. The largest absolute Gasteiger partial charge is 0.491 e. The Hall–Kier alpha value is -1.92. The molecule has 0 aliphatic carbocycles. The molecule has 1 amide bonds. The van der Waals surface area contributed by atoms with Crippen molar-refractivity contribution in [2.45, 2.75) is 45.1 Å². The average Bonchev–Trinajstić information content (AvgIpc) is 2.73. The Morgan fingerprint density at radius 1 is 1.14 bits per heavy atom. The van der Waals surface area contributed by atoms with Crippen LogP contribution in [0, 0.1) is 5.92 Å². The molecule has 28 heavy (non-hydrogen) atoms. The lowest BCUT2D eigenvalue weighted by Gasteiger charge is -2.36. The van der Waals surface area contributed by atoms with Crippen LogP contribution >= 0.6 is 0 Å². The number of benzene rings is 1. The molecule has 2 aliphatic rings. The van der Waals surface area contributed by atoms with E-state index in [0.717, 1.165) is 51.9 Å². The van der Waals surface area contributed by atoms with Crippen LogP contribution in [-0.2, 0) is 4.79 Å². The fourth-order valence-electron chi connectivity index (χ4n) is 4.08. The van der Waals surface area contributed by atoms with Gasteiger partial charge in [-0.05, 0) is 64.3 Å². The zero-order valence-corrected chi connectivity index (χ0v) is 16.8. The van der Waals surface area contributed by atoms with Crippen molar-refractivity contribution in [2.75, 3.05) is 39.3 Å². The van der Waals surface area contributed by atoms with Crippen LogP contribution in [0.5, 0.6) is 5.75 Å². The number of carbonyl (C=O) groups excluding carboxylic acids is 2. The molecule has 0 bridgehead atoms. The van der Waals surface area contributed by atoms with Gasteiger partial charge in [-0.1, -0.05) is 12.1 Å². The van der Waals surface area contributed by atoms with E-state index in [-0.39, 0.29) is 18.3 Å². The summed E-state index contributed by atoms with van der Waals surface area (Å²) in [4.78, 5) is 28.3. The minimum atomic E-state index is -0.602. The van der Waals surface area contributed by atoms with Gasteiger partial charge in [0.1, 0.15) is 18.5 Å². The third-order valence-corrected chi connectivity index (χ3v) is 5.76. The van der Waals surface area contributed by atoms with Crippen molar-refractivity contribution in [1.82, 2.24) is 9.80 Å². The topological polar surface area (TPSA) is 70.1 Å². The molecule has 0 aromatic heterocycles. The average molecular weight is 389 g/mol. The molecule has 1 unspecified atom stereocenters. The molecule has 0 saturated carbocycles. The molecule has 1 atom stereocenters. The van der Waals surface area contributed by atoms with Crippen molar-refractivity contribution in [1.29, 1.82) is 0 Å². The van der Waals surface area contributed by atoms with Crippen LogP contribution < -0.4 is 4.74 Å². The highest BCUT2D eigenvalue weighted by molar-refractivity contribution is 5.94. The maximum Gasteiger partial charge on any atom is 0.225 e. The van der Waals surface area contributed by atoms with Crippen molar-refractivity contribution < 1.29 is 19.4 Å². The van der Waals surface area contributed by atoms with Gasteiger partial charge in [0.2, 0.25) is 5.91 Å². The number of nitrogens with zero attached hydrogens (tertiary/aromatic N) is 2. The van der Waals surface area contributed by atoms with E-state index in [1.54, 1.807) is 24.3 Å². The number of hydrogen-bond donors (Lipinski definition) is 1. The number of Topliss-reactive ketones (excluding diaryl/α,β-unsaturated/α-hetero) is 1. The summed E-state index contributed by atoms with van der Waals surface area (Å²) in [5.74, 6) is 1.05. The van der Waals surface area contributed by atoms with Gasteiger partial charge in [-0.25, -0.2) is 0 Å². The minimum absolute atomic E-state index is 0.00651. The number of aliphatic hydroxyl groups is 1. The Bertz CT molecular complexity index is 664. The van der Waals surface area contributed by atoms with Crippen LogP contribution in [0.2, 0.25) is 0 Å². The lowest BCUT2D eigenvalue weighted by atomic mass is 9.94. The first-order chi connectivity index (χ1) is 13.5. The molecular weight excluding hydrogens is 356 g/mol. The second-order valence-corrected chi connectivity index (χ2v) is 8.01. The Balaban J connectivity index is 1.38. The van der Waals surface area contributed by atoms with Crippen LogP contribution in [-0.4, -0.2) is 72.0 Å². The number of carbonyl (C=O) groups is 2. The van der Waals surface area contributed by atoms with Gasteiger partial charge in [0.15, 0.2) is 5.78 Å². The third kappa shape index (κ3) is 5.79. The third-order valence-electron chi connectivity index (χ3n) is 5.76. The van der Waals surface area contributed by atoms with E-state index in [1.165, 1.54) is 13.3 Å². The summed E-state index contributed by atoms with van der Waals surface area (Å²) >= 11 is 0. The molecule has 0 spiro atoms. The highest BCUT2D eigenvalue weighted by Gasteiger charge is 2.29. The molecule has 154 valence electrons. The zero-order chi connectivity index (χ0) is 19.9. The standard InChI is InChI=1S/C22H32N2O4/c1-17(25)19-6-5-7-21(14-19)28-16-20(26)15-23-12-8-18(9-13-23)22(27)24-10-3-2-4-11-24/h5-7,14,18,20,26H,2-4,8-13,15-16H2,1H3. The molecule has 2 saturated heterocycles. The van der Waals surface area contributed by atoms with Gasteiger partial charge in [0.05, 0.1) is 0 Å². The molecule has 6 nitrogen and oxygen atoms in total. The monoisotopic (exact) mass is 388 g/mol. The number of piperidine rings is 2. The number of likely N-dealkylation sites (tertiary alicyclic amines) is 2. The Labute approximate surface area is 167 Å². The molecule has 2 heterocycles. The van der Waals surface area contributed by atoms with E-state index in [1.807, 2.05) is 4.90 Å². The molecule has 0 radical (unpaired) electrons. The fraction of sp³-hybridized carbons (Fsp3) is 0.636. The van der Waals surface area contributed by atoms with E-state index in [0.29, 0.717) is 23.8 Å². The van der Waals surface area contributed by atoms with E-state index in [4.69, 9.17) is 4.74 Å². The minimum Gasteiger partial charge on any atom is -0.491 e. The summed E-state index contributed by atoms with van der Waals surface area (Å²) in [6.45, 7) is 5.75. The summed E-state index contributed by atoms with van der Waals surface area (Å²) < 4.78 is 5.65. The van der Waals surface area contributed by atoms with Crippen LogP contribution in [0.4, 0.5) is 0 Å². The van der Waals surface area contributed by atoms with E-state index in [2.05, 4.69) is 4.90 Å². The van der Waals surface area contributed by atoms with Gasteiger partial charge in [0.25, 0.3) is 0 Å². The van der Waals surface area contributed by atoms with Crippen LogP contribution in [0.1, 0.15) is 49.4 Å². The molecule has 2 aliphatic heterocycles. The first-order valence-corrected chi connectivity index (χ1v) is 10.5. The summed E-state index contributed by atoms with van der Waals surface area (Å²) in [6.07, 6.45) is 4.63. The SMILES string of the molecule is CC(=O)c1cccc(OCC(O)CN2CCC(C(=O)N3CCCCC3)CC2)c1. The first kappa shape index (κ1) is 20.8. The Morgan fingerprint density at radius 2 is 1.86 bits per heavy atom.